The summed E-state index contributed by atoms with van der Waals surface area (Å²) >= 11 is 2.16. The average molecular weight is 652 g/mol. The molecule has 2 aliphatic heterocycles. The minimum atomic E-state index is -0.835. The number of thiazole rings is 1. The van der Waals surface area contributed by atoms with E-state index in [-0.39, 0.29) is 22.7 Å². The molecule has 3 heterocycles. The highest BCUT2D eigenvalue weighted by Gasteiger charge is 2.56. The van der Waals surface area contributed by atoms with Crippen LogP contribution in [0.2, 0.25) is 0 Å². The number of rotatable bonds is 5. The van der Waals surface area contributed by atoms with Crippen molar-refractivity contribution in [2.24, 2.45) is 5.92 Å². The fourth-order valence-electron chi connectivity index (χ4n) is 6.32. The van der Waals surface area contributed by atoms with E-state index in [4.69, 9.17) is 0 Å². The van der Waals surface area contributed by atoms with E-state index in [0.717, 1.165) is 49.9 Å². The van der Waals surface area contributed by atoms with Crippen molar-refractivity contribution in [3.63, 3.8) is 0 Å². The van der Waals surface area contributed by atoms with Crippen molar-refractivity contribution in [3.05, 3.63) is 122 Å². The standard InChI is InChI=1S/C36H30FN3O4S2/c1-36(2,3)22-13-11-21(12-14-22)28-29-30(33(43)40(32(29)42)24-17-15-23(37)16-18-24)45-34-31(28)46-35(44)39(34)19-27(41)38-26-10-6-8-20-7-4-5-9-25(20)26/h4-18,28-30H,19H2,1-3H3,(H,38,41). The summed E-state index contributed by atoms with van der Waals surface area (Å²) in [4.78, 5) is 56.4. The Bertz CT molecular complexity index is 2070. The van der Waals surface area contributed by atoms with Crippen LogP contribution >= 0.6 is 23.1 Å². The molecule has 0 bridgehead atoms. The lowest BCUT2D eigenvalue weighted by Gasteiger charge is -2.31. The number of aromatic nitrogens is 1. The van der Waals surface area contributed by atoms with Gasteiger partial charge in [-0.1, -0.05) is 105 Å². The molecule has 10 heteroatoms. The molecular formula is C36H30FN3O4S2. The molecule has 2 aliphatic rings. The van der Waals surface area contributed by atoms with Crippen LogP contribution in [0.25, 0.3) is 10.8 Å². The minimum absolute atomic E-state index is 0.0985. The highest BCUT2D eigenvalue weighted by Crippen LogP contribution is 2.54. The van der Waals surface area contributed by atoms with Crippen LogP contribution in [-0.4, -0.2) is 27.5 Å². The Morgan fingerprint density at radius 3 is 2.28 bits per heavy atom. The zero-order valence-corrected chi connectivity index (χ0v) is 27.0. The third-order valence-electron chi connectivity index (χ3n) is 8.64. The van der Waals surface area contributed by atoms with Gasteiger partial charge in [0, 0.05) is 21.9 Å². The lowest BCUT2D eigenvalue weighted by atomic mass is 9.81. The van der Waals surface area contributed by atoms with Crippen molar-refractivity contribution in [1.82, 2.24) is 4.57 Å². The summed E-state index contributed by atoms with van der Waals surface area (Å²) in [6, 6.07) is 26.6. The Balaban J connectivity index is 1.29. The second-order valence-corrected chi connectivity index (χ2v) is 14.7. The summed E-state index contributed by atoms with van der Waals surface area (Å²) in [6.07, 6.45) is 0. The first-order chi connectivity index (χ1) is 22.0. The Labute approximate surface area is 273 Å². The molecule has 7 nitrogen and oxygen atoms in total. The van der Waals surface area contributed by atoms with Gasteiger partial charge in [-0.25, -0.2) is 9.29 Å². The van der Waals surface area contributed by atoms with E-state index >= 15 is 0 Å². The second-order valence-electron chi connectivity index (χ2n) is 12.6. The van der Waals surface area contributed by atoms with E-state index in [1.54, 1.807) is 0 Å². The molecule has 3 amide bonds. The maximum Gasteiger partial charge on any atom is 0.308 e. The fraction of sp³-hybridized carbons (Fsp3) is 0.222. The molecular weight excluding hydrogens is 622 g/mol. The van der Waals surface area contributed by atoms with Crippen LogP contribution in [0.15, 0.2) is 101 Å². The van der Waals surface area contributed by atoms with Crippen LogP contribution in [-0.2, 0) is 26.3 Å². The van der Waals surface area contributed by atoms with Crippen molar-refractivity contribution in [2.45, 2.75) is 48.9 Å². The molecule has 0 aliphatic carbocycles. The maximum atomic E-state index is 14.1. The Morgan fingerprint density at radius 1 is 0.870 bits per heavy atom. The van der Waals surface area contributed by atoms with Crippen LogP contribution in [0, 0.1) is 11.7 Å². The van der Waals surface area contributed by atoms with E-state index < -0.39 is 34.7 Å². The summed E-state index contributed by atoms with van der Waals surface area (Å²) in [7, 11) is 0. The van der Waals surface area contributed by atoms with Gasteiger partial charge >= 0.3 is 4.87 Å². The fourth-order valence-corrected chi connectivity index (χ4v) is 9.09. The van der Waals surface area contributed by atoms with Gasteiger partial charge in [0.25, 0.3) is 0 Å². The van der Waals surface area contributed by atoms with Gasteiger partial charge in [0.1, 0.15) is 17.6 Å². The van der Waals surface area contributed by atoms with Crippen molar-refractivity contribution < 1.29 is 18.8 Å². The molecule has 3 atom stereocenters. The smallest absolute Gasteiger partial charge is 0.308 e. The summed E-state index contributed by atoms with van der Waals surface area (Å²) in [6.45, 7) is 6.09. The number of benzene rings is 4. The second kappa shape index (κ2) is 11.4. The number of carbonyl (C=O) groups is 3. The normalized spacial score (nSPS) is 19.3. The number of nitrogens with one attached hydrogen (secondary N) is 1. The predicted octanol–water partition coefficient (Wildman–Crippen LogP) is 6.93. The number of amides is 3. The minimum Gasteiger partial charge on any atom is -0.324 e. The molecule has 7 rings (SSSR count). The van der Waals surface area contributed by atoms with Crippen LogP contribution in [0.1, 0.15) is 42.7 Å². The number of halogens is 1. The predicted molar refractivity (Wildman–Crippen MR) is 180 cm³/mol. The van der Waals surface area contributed by atoms with E-state index in [1.165, 1.54) is 28.8 Å². The number of fused-ring (bicyclic) bond motifs is 3. The SMILES string of the molecule is CC(C)(C)c1ccc(C2c3sc(=O)n(CC(=O)Nc4cccc5ccccc45)c3SC3C(=O)N(c4ccc(F)cc4)C(=O)C32)cc1. The summed E-state index contributed by atoms with van der Waals surface area (Å²) < 4.78 is 15.2. The van der Waals surface area contributed by atoms with Crippen LogP contribution in [0.5, 0.6) is 0 Å². The molecule has 1 fully saturated rings. The van der Waals surface area contributed by atoms with Crippen molar-refractivity contribution in [2.75, 3.05) is 10.2 Å². The Hall–Kier alpha value is -4.54. The number of hydrogen-bond acceptors (Lipinski definition) is 6. The zero-order valence-electron chi connectivity index (χ0n) is 25.3. The monoisotopic (exact) mass is 651 g/mol. The van der Waals surface area contributed by atoms with Crippen LogP contribution in [0.3, 0.4) is 0 Å². The highest BCUT2D eigenvalue weighted by molar-refractivity contribution is 8.00. The van der Waals surface area contributed by atoms with Gasteiger partial charge in [-0.05, 0) is 52.3 Å². The summed E-state index contributed by atoms with van der Waals surface area (Å²) in [5.74, 6) is -3.05. The van der Waals surface area contributed by atoms with Gasteiger partial charge in [0.15, 0.2) is 0 Å². The van der Waals surface area contributed by atoms with E-state index in [1.807, 2.05) is 66.7 Å². The van der Waals surface area contributed by atoms with Gasteiger partial charge in [-0.3, -0.25) is 23.7 Å². The third-order valence-corrected chi connectivity index (χ3v) is 11.2. The maximum absolute atomic E-state index is 14.1. The number of carbonyl (C=O) groups excluding carboxylic acids is 3. The van der Waals surface area contributed by atoms with Crippen molar-refractivity contribution in [3.8, 4) is 0 Å². The molecule has 46 heavy (non-hydrogen) atoms. The molecule has 1 aromatic heterocycles. The molecule has 1 N–H and O–H groups in total. The average Bonchev–Trinajstić information content (AvgIpc) is 3.47. The molecule has 232 valence electrons. The lowest BCUT2D eigenvalue weighted by molar-refractivity contribution is -0.122. The van der Waals surface area contributed by atoms with E-state index in [0.29, 0.717) is 21.3 Å². The molecule has 5 aromatic rings. The first kappa shape index (κ1) is 30.1. The molecule has 1 saturated heterocycles. The number of imide groups is 1. The third kappa shape index (κ3) is 5.15. The van der Waals surface area contributed by atoms with Gasteiger partial charge in [-0.15, -0.1) is 0 Å². The van der Waals surface area contributed by atoms with Crippen molar-refractivity contribution >= 4 is 63.0 Å². The van der Waals surface area contributed by atoms with E-state index in [2.05, 4.69) is 26.1 Å². The Kier molecular flexibility index (Phi) is 7.44. The quantitative estimate of drug-likeness (QED) is 0.208. The lowest BCUT2D eigenvalue weighted by Crippen LogP contribution is -2.33. The molecule has 0 radical (unpaired) electrons. The van der Waals surface area contributed by atoms with Gasteiger partial charge in [0.05, 0.1) is 16.6 Å². The number of thioether (sulfide) groups is 1. The van der Waals surface area contributed by atoms with Gasteiger partial charge < -0.3 is 5.32 Å². The molecule has 3 unspecified atom stereocenters. The first-order valence-electron chi connectivity index (χ1n) is 14.9. The first-order valence-corrected chi connectivity index (χ1v) is 16.6. The van der Waals surface area contributed by atoms with Crippen LogP contribution in [0.4, 0.5) is 15.8 Å². The number of hydrogen-bond donors (Lipinski definition) is 1. The van der Waals surface area contributed by atoms with Gasteiger partial charge in [0.2, 0.25) is 17.7 Å². The van der Waals surface area contributed by atoms with Crippen molar-refractivity contribution in [1.29, 1.82) is 0 Å². The Morgan fingerprint density at radius 2 is 1.57 bits per heavy atom. The molecule has 0 saturated carbocycles. The molecule has 4 aromatic carbocycles. The topological polar surface area (TPSA) is 88.5 Å². The number of anilines is 2. The molecule has 0 spiro atoms. The largest absolute Gasteiger partial charge is 0.324 e. The van der Waals surface area contributed by atoms with Gasteiger partial charge in [-0.2, -0.15) is 0 Å². The van der Waals surface area contributed by atoms with E-state index in [9.17, 15) is 23.6 Å². The summed E-state index contributed by atoms with van der Waals surface area (Å²) in [5.41, 5.74) is 2.74. The zero-order chi connectivity index (χ0) is 32.3. The summed E-state index contributed by atoms with van der Waals surface area (Å²) in [5, 5.41) is 4.48. The number of nitrogens with zero attached hydrogens (tertiary/aromatic N) is 2. The highest BCUT2D eigenvalue weighted by atomic mass is 32.2. The van der Waals surface area contributed by atoms with Crippen LogP contribution < -0.4 is 15.1 Å².